The molecule has 0 bridgehead atoms. The Morgan fingerprint density at radius 2 is 1.84 bits per heavy atom. The summed E-state index contributed by atoms with van der Waals surface area (Å²) in [4.78, 5) is 31.0. The van der Waals surface area contributed by atoms with Gasteiger partial charge in [-0.15, -0.1) is 0 Å². The lowest BCUT2D eigenvalue weighted by atomic mass is 10.0. The normalized spacial score (nSPS) is 15.8. The number of benzene rings is 3. The van der Waals surface area contributed by atoms with E-state index in [9.17, 15) is 9.59 Å². The molecule has 2 heterocycles. The Hall–Kier alpha value is -4.23. The summed E-state index contributed by atoms with van der Waals surface area (Å²) in [5, 5.41) is 9.05. The average Bonchev–Trinajstić information content (AvgIpc) is 2.93. The second-order valence-electron chi connectivity index (χ2n) is 9.34. The minimum atomic E-state index is -0.427. The molecule has 1 saturated heterocycles. The Morgan fingerprint density at radius 3 is 2.68 bits per heavy atom. The molecule has 3 aromatic carbocycles. The number of amides is 1. The first kappa shape index (κ1) is 24.5. The molecule has 0 saturated carbocycles. The van der Waals surface area contributed by atoms with Gasteiger partial charge in [-0.3, -0.25) is 14.7 Å². The van der Waals surface area contributed by atoms with Gasteiger partial charge in [0.2, 0.25) is 0 Å². The van der Waals surface area contributed by atoms with E-state index >= 15 is 0 Å². The fourth-order valence-corrected chi connectivity index (χ4v) is 4.87. The van der Waals surface area contributed by atoms with Crippen LogP contribution in [0.5, 0.6) is 0 Å². The lowest BCUT2D eigenvalue weighted by Crippen LogP contribution is -2.41. The zero-order valence-electron chi connectivity index (χ0n) is 20.8. The first-order valence-corrected chi connectivity index (χ1v) is 12.5. The number of fused-ring (bicyclic) bond motifs is 1. The largest absolute Gasteiger partial charge is 0.465 e. The second-order valence-corrected chi connectivity index (χ2v) is 9.34. The first-order valence-electron chi connectivity index (χ1n) is 12.5. The molecule has 188 valence electrons. The summed E-state index contributed by atoms with van der Waals surface area (Å²) < 4.78 is 4.71. The van der Waals surface area contributed by atoms with Gasteiger partial charge < -0.3 is 15.4 Å². The number of nitrogens with one attached hydrogen (secondary N) is 2. The molecule has 37 heavy (non-hydrogen) atoms. The van der Waals surface area contributed by atoms with Gasteiger partial charge in [-0.2, -0.15) is 0 Å². The van der Waals surface area contributed by atoms with Crippen LogP contribution in [0.1, 0.15) is 39.1 Å². The minimum absolute atomic E-state index is 0.221. The number of methoxy groups -OCH3 is 1. The number of anilines is 2. The van der Waals surface area contributed by atoms with Crippen LogP contribution in [-0.4, -0.2) is 48.0 Å². The van der Waals surface area contributed by atoms with Crippen LogP contribution in [-0.2, 0) is 11.3 Å². The number of carbonyl (C=O) groups excluding carboxylic acids is 2. The van der Waals surface area contributed by atoms with Crippen molar-refractivity contribution >= 4 is 34.0 Å². The van der Waals surface area contributed by atoms with E-state index < -0.39 is 5.97 Å². The number of likely N-dealkylation sites (tertiary alicyclic amines) is 1. The Balaban J connectivity index is 1.20. The highest BCUT2D eigenvalue weighted by Gasteiger charge is 2.20. The molecule has 7 heteroatoms. The highest BCUT2D eigenvalue weighted by Crippen LogP contribution is 2.25. The molecule has 1 aliphatic heterocycles. The molecule has 0 aliphatic carbocycles. The molecule has 7 nitrogen and oxygen atoms in total. The maximum atomic E-state index is 12.7. The van der Waals surface area contributed by atoms with Gasteiger partial charge in [0.05, 0.1) is 12.7 Å². The van der Waals surface area contributed by atoms with Crippen LogP contribution in [0, 0.1) is 0 Å². The lowest BCUT2D eigenvalue weighted by molar-refractivity contribution is 0.0600. The van der Waals surface area contributed by atoms with E-state index in [1.165, 1.54) is 12.5 Å². The average molecular weight is 495 g/mol. The van der Waals surface area contributed by atoms with E-state index in [-0.39, 0.29) is 5.91 Å². The number of esters is 1. The molecule has 1 aromatic heterocycles. The summed E-state index contributed by atoms with van der Waals surface area (Å²) in [5.74, 6) is -0.648. The fourth-order valence-electron chi connectivity index (χ4n) is 4.87. The van der Waals surface area contributed by atoms with E-state index in [0.717, 1.165) is 54.8 Å². The van der Waals surface area contributed by atoms with E-state index in [1.54, 1.807) is 24.3 Å². The highest BCUT2D eigenvalue weighted by atomic mass is 16.5. The van der Waals surface area contributed by atoms with Crippen molar-refractivity contribution in [3.63, 3.8) is 0 Å². The van der Waals surface area contributed by atoms with Gasteiger partial charge >= 0.3 is 5.97 Å². The molecule has 1 unspecified atom stereocenters. The lowest BCUT2D eigenvalue weighted by Gasteiger charge is -2.34. The molecule has 1 atom stereocenters. The number of piperidine rings is 1. The van der Waals surface area contributed by atoms with Gasteiger partial charge in [0.25, 0.3) is 5.91 Å². The predicted molar refractivity (Wildman–Crippen MR) is 146 cm³/mol. The third-order valence-electron chi connectivity index (χ3n) is 6.71. The van der Waals surface area contributed by atoms with Gasteiger partial charge in [0.1, 0.15) is 0 Å². The van der Waals surface area contributed by atoms with Crippen LogP contribution in [0.3, 0.4) is 0 Å². The summed E-state index contributed by atoms with van der Waals surface area (Å²) in [7, 11) is 1.33. The number of aromatic nitrogens is 1. The van der Waals surface area contributed by atoms with Crippen LogP contribution < -0.4 is 10.6 Å². The SMILES string of the molecule is COC(=O)c1ccc(C(=O)Nc2cccc(CN3CCCC(Nc4cccc5cnccc45)C3)c2)cc1. The molecule has 2 N–H and O–H groups in total. The first-order chi connectivity index (χ1) is 18.1. The standard InChI is InChI=1S/C30H30N4O3/c1-37-30(36)23-12-10-22(11-13-23)29(35)33-25-7-2-5-21(17-25)19-34-16-4-8-26(20-34)32-28-9-3-6-24-18-31-15-14-27(24)28/h2-3,5-7,9-15,17-18,26,32H,4,8,16,19-20H2,1H3,(H,33,35). The Labute approximate surface area is 216 Å². The van der Waals surface area contributed by atoms with Crippen molar-refractivity contribution in [3.8, 4) is 0 Å². The van der Waals surface area contributed by atoms with Crippen molar-refractivity contribution in [3.05, 3.63) is 102 Å². The van der Waals surface area contributed by atoms with Gasteiger partial charge in [0, 0.05) is 59.2 Å². The molecule has 5 rings (SSSR count). The van der Waals surface area contributed by atoms with Crippen molar-refractivity contribution in [2.45, 2.75) is 25.4 Å². The van der Waals surface area contributed by atoms with Crippen molar-refractivity contribution in [2.75, 3.05) is 30.8 Å². The Bertz CT molecular complexity index is 1400. The highest BCUT2D eigenvalue weighted by molar-refractivity contribution is 6.04. The predicted octanol–water partition coefficient (Wildman–Crippen LogP) is 5.35. The van der Waals surface area contributed by atoms with Crippen LogP contribution in [0.25, 0.3) is 10.8 Å². The van der Waals surface area contributed by atoms with Gasteiger partial charge in [0.15, 0.2) is 0 Å². The number of hydrogen-bond acceptors (Lipinski definition) is 6. The molecule has 1 amide bonds. The molecule has 0 spiro atoms. The molecular weight excluding hydrogens is 464 g/mol. The van der Waals surface area contributed by atoms with Crippen molar-refractivity contribution in [2.24, 2.45) is 0 Å². The van der Waals surface area contributed by atoms with E-state index in [2.05, 4.69) is 50.8 Å². The molecule has 1 fully saturated rings. The molecule has 0 radical (unpaired) electrons. The number of nitrogens with zero attached hydrogens (tertiary/aromatic N) is 2. The van der Waals surface area contributed by atoms with E-state index in [4.69, 9.17) is 4.74 Å². The third-order valence-corrected chi connectivity index (χ3v) is 6.71. The van der Waals surface area contributed by atoms with Crippen molar-refractivity contribution in [1.29, 1.82) is 0 Å². The van der Waals surface area contributed by atoms with Crippen LogP contribution >= 0.6 is 0 Å². The summed E-state index contributed by atoms with van der Waals surface area (Å²) in [6, 6.07) is 23.1. The number of hydrogen-bond donors (Lipinski definition) is 2. The van der Waals surface area contributed by atoms with E-state index in [1.807, 2.05) is 30.6 Å². The van der Waals surface area contributed by atoms with Crippen molar-refractivity contribution in [1.82, 2.24) is 9.88 Å². The van der Waals surface area contributed by atoms with Crippen LogP contribution in [0.4, 0.5) is 11.4 Å². The monoisotopic (exact) mass is 494 g/mol. The minimum Gasteiger partial charge on any atom is -0.465 e. The second kappa shape index (κ2) is 11.2. The maximum Gasteiger partial charge on any atom is 0.337 e. The summed E-state index contributed by atoms with van der Waals surface area (Å²) in [5.41, 5.74) is 3.93. The fraction of sp³-hybridized carbons (Fsp3) is 0.233. The maximum absolute atomic E-state index is 12.7. The Morgan fingerprint density at radius 1 is 1.03 bits per heavy atom. The summed E-state index contributed by atoms with van der Waals surface area (Å²) in [6.07, 6.45) is 5.99. The quantitative estimate of drug-likeness (QED) is 0.337. The molecule has 4 aromatic rings. The molecular formula is C30H30N4O3. The summed E-state index contributed by atoms with van der Waals surface area (Å²) in [6.45, 7) is 2.81. The number of rotatable bonds is 7. The van der Waals surface area contributed by atoms with Crippen LogP contribution in [0.2, 0.25) is 0 Å². The van der Waals surface area contributed by atoms with Crippen molar-refractivity contribution < 1.29 is 14.3 Å². The number of ether oxygens (including phenoxy) is 1. The van der Waals surface area contributed by atoms with Gasteiger partial charge in [-0.25, -0.2) is 4.79 Å². The zero-order chi connectivity index (χ0) is 25.6. The number of pyridine rings is 1. The van der Waals surface area contributed by atoms with Gasteiger partial charge in [-0.1, -0.05) is 24.3 Å². The summed E-state index contributed by atoms with van der Waals surface area (Å²) >= 11 is 0. The smallest absolute Gasteiger partial charge is 0.337 e. The van der Waals surface area contributed by atoms with Crippen LogP contribution in [0.15, 0.2) is 85.2 Å². The zero-order valence-corrected chi connectivity index (χ0v) is 20.8. The van der Waals surface area contributed by atoms with Gasteiger partial charge in [-0.05, 0) is 73.5 Å². The topological polar surface area (TPSA) is 83.6 Å². The third kappa shape index (κ3) is 5.95. The Kier molecular flexibility index (Phi) is 7.42. The van der Waals surface area contributed by atoms with E-state index in [0.29, 0.717) is 17.2 Å². The number of carbonyl (C=O) groups is 2. The molecule has 1 aliphatic rings.